The van der Waals surface area contributed by atoms with Crippen molar-refractivity contribution >= 4 is 23.1 Å². The van der Waals surface area contributed by atoms with Crippen molar-refractivity contribution in [3.63, 3.8) is 0 Å². The zero-order valence-corrected chi connectivity index (χ0v) is 11.5. The summed E-state index contributed by atoms with van der Waals surface area (Å²) in [6.07, 6.45) is 1.25. The number of hydrogen-bond acceptors (Lipinski definition) is 5. The van der Waals surface area contributed by atoms with Gasteiger partial charge in [0, 0.05) is 6.54 Å². The lowest BCUT2D eigenvalue weighted by molar-refractivity contribution is 0.0452. The molecule has 108 valence electrons. The Morgan fingerprint density at radius 2 is 2.10 bits per heavy atom. The van der Waals surface area contributed by atoms with Gasteiger partial charge in [-0.15, -0.1) is 0 Å². The van der Waals surface area contributed by atoms with Gasteiger partial charge >= 0.3 is 5.97 Å². The minimum Gasteiger partial charge on any atom is -0.478 e. The van der Waals surface area contributed by atoms with Crippen molar-refractivity contribution < 1.29 is 19.4 Å². The van der Waals surface area contributed by atoms with E-state index in [4.69, 9.17) is 9.52 Å². The topological polar surface area (TPSA) is 95.6 Å². The third-order valence-electron chi connectivity index (χ3n) is 3.52. The zero-order valence-electron chi connectivity index (χ0n) is 11.5. The Morgan fingerprint density at radius 1 is 1.40 bits per heavy atom. The minimum absolute atomic E-state index is 0.152. The van der Waals surface area contributed by atoms with Gasteiger partial charge < -0.3 is 19.9 Å². The number of fused-ring (bicyclic) bond motifs is 1. The first-order valence-electron chi connectivity index (χ1n) is 6.57. The normalized spacial score (nSPS) is 11.8. The molecular formula is C14H18N2O4. The number of nitrogens with one attached hydrogen (secondary N) is 1. The summed E-state index contributed by atoms with van der Waals surface area (Å²) in [6, 6.07) is 4.79. The number of benzene rings is 1. The highest BCUT2D eigenvalue weighted by Gasteiger charge is 2.22. The standard InChI is InChI=1S/C14H18N2O4/c1-3-14(19,4-2)8-15-13-16-10-6-5-9(12(17)18)7-11(10)20-13/h5-7,19H,3-4,8H2,1-2H3,(H,15,16)(H,17,18). The molecule has 0 aliphatic rings. The number of rotatable bonds is 6. The highest BCUT2D eigenvalue weighted by molar-refractivity contribution is 5.92. The summed E-state index contributed by atoms with van der Waals surface area (Å²) in [5.74, 6) is -1.01. The van der Waals surface area contributed by atoms with Crippen LogP contribution in [0.15, 0.2) is 22.6 Å². The molecule has 20 heavy (non-hydrogen) atoms. The number of carboxylic acid groups (broad SMARTS) is 1. The van der Waals surface area contributed by atoms with E-state index in [0.29, 0.717) is 30.5 Å². The lowest BCUT2D eigenvalue weighted by Gasteiger charge is -2.24. The number of hydrogen-bond donors (Lipinski definition) is 3. The molecule has 0 spiro atoms. The van der Waals surface area contributed by atoms with E-state index in [1.165, 1.54) is 12.1 Å². The van der Waals surface area contributed by atoms with Gasteiger partial charge in [-0.2, -0.15) is 4.98 Å². The Hall–Kier alpha value is -2.08. The molecule has 1 aromatic carbocycles. The summed E-state index contributed by atoms with van der Waals surface area (Å²) in [7, 11) is 0. The van der Waals surface area contributed by atoms with Gasteiger partial charge in [0.2, 0.25) is 0 Å². The summed E-state index contributed by atoms with van der Waals surface area (Å²) in [5.41, 5.74) is 0.337. The van der Waals surface area contributed by atoms with Gasteiger partial charge in [0.15, 0.2) is 5.58 Å². The van der Waals surface area contributed by atoms with Crippen LogP contribution in [0.2, 0.25) is 0 Å². The van der Waals surface area contributed by atoms with E-state index < -0.39 is 11.6 Å². The van der Waals surface area contributed by atoms with E-state index in [9.17, 15) is 9.90 Å². The Labute approximate surface area is 116 Å². The fourth-order valence-corrected chi connectivity index (χ4v) is 1.87. The van der Waals surface area contributed by atoms with Crippen LogP contribution >= 0.6 is 0 Å². The van der Waals surface area contributed by atoms with Gasteiger partial charge in [-0.05, 0) is 31.0 Å². The predicted molar refractivity (Wildman–Crippen MR) is 75.0 cm³/mol. The number of aliphatic hydroxyl groups is 1. The Balaban J connectivity index is 2.18. The molecule has 1 heterocycles. The van der Waals surface area contributed by atoms with Crippen molar-refractivity contribution in [2.75, 3.05) is 11.9 Å². The minimum atomic E-state index is -1.01. The van der Waals surface area contributed by atoms with Crippen LogP contribution in [0.3, 0.4) is 0 Å². The van der Waals surface area contributed by atoms with Gasteiger partial charge in [-0.1, -0.05) is 13.8 Å². The fraction of sp³-hybridized carbons (Fsp3) is 0.429. The smallest absolute Gasteiger partial charge is 0.335 e. The molecule has 0 amide bonds. The third kappa shape index (κ3) is 2.91. The van der Waals surface area contributed by atoms with Gasteiger partial charge in [0.25, 0.3) is 6.01 Å². The monoisotopic (exact) mass is 278 g/mol. The van der Waals surface area contributed by atoms with Gasteiger partial charge in [-0.25, -0.2) is 4.79 Å². The Kier molecular flexibility index (Phi) is 3.94. The van der Waals surface area contributed by atoms with Crippen molar-refractivity contribution in [1.82, 2.24) is 4.98 Å². The van der Waals surface area contributed by atoms with Crippen LogP contribution in [0.1, 0.15) is 37.0 Å². The maximum absolute atomic E-state index is 10.9. The summed E-state index contributed by atoms with van der Waals surface area (Å²) in [5, 5.41) is 22.0. The van der Waals surface area contributed by atoms with E-state index in [-0.39, 0.29) is 11.6 Å². The first-order valence-corrected chi connectivity index (χ1v) is 6.57. The van der Waals surface area contributed by atoms with E-state index in [0.717, 1.165) is 0 Å². The highest BCUT2D eigenvalue weighted by Crippen LogP contribution is 2.22. The second-order valence-electron chi connectivity index (χ2n) is 4.79. The molecule has 2 aromatic rings. The largest absolute Gasteiger partial charge is 0.478 e. The molecule has 0 aliphatic heterocycles. The molecule has 0 atom stereocenters. The molecule has 0 saturated heterocycles. The quantitative estimate of drug-likeness (QED) is 0.751. The van der Waals surface area contributed by atoms with Crippen LogP contribution in [0.5, 0.6) is 0 Å². The molecule has 0 radical (unpaired) electrons. The number of anilines is 1. The van der Waals surface area contributed by atoms with Gasteiger partial charge in [-0.3, -0.25) is 0 Å². The average molecular weight is 278 g/mol. The van der Waals surface area contributed by atoms with Crippen molar-refractivity contribution in [2.24, 2.45) is 0 Å². The first kappa shape index (κ1) is 14.3. The molecule has 0 bridgehead atoms. The third-order valence-corrected chi connectivity index (χ3v) is 3.52. The second-order valence-corrected chi connectivity index (χ2v) is 4.79. The first-order chi connectivity index (χ1) is 9.47. The van der Waals surface area contributed by atoms with Crippen molar-refractivity contribution in [1.29, 1.82) is 0 Å². The number of aromatic carboxylic acids is 1. The lowest BCUT2D eigenvalue weighted by atomic mass is 9.98. The van der Waals surface area contributed by atoms with Gasteiger partial charge in [0.05, 0.1) is 11.2 Å². The van der Waals surface area contributed by atoms with Gasteiger partial charge in [0.1, 0.15) is 5.52 Å². The van der Waals surface area contributed by atoms with Crippen LogP contribution in [0.25, 0.3) is 11.1 Å². The van der Waals surface area contributed by atoms with Crippen LogP contribution in [-0.4, -0.2) is 33.3 Å². The zero-order chi connectivity index (χ0) is 14.8. The fourth-order valence-electron chi connectivity index (χ4n) is 1.87. The van der Waals surface area contributed by atoms with E-state index in [2.05, 4.69) is 10.3 Å². The molecule has 1 aromatic heterocycles. The van der Waals surface area contributed by atoms with Crippen LogP contribution in [0.4, 0.5) is 6.01 Å². The second kappa shape index (κ2) is 5.50. The number of aromatic nitrogens is 1. The summed E-state index contributed by atoms with van der Waals surface area (Å²) < 4.78 is 5.45. The molecule has 0 unspecified atom stereocenters. The van der Waals surface area contributed by atoms with Crippen molar-refractivity contribution in [3.8, 4) is 0 Å². The van der Waals surface area contributed by atoms with Crippen molar-refractivity contribution in [3.05, 3.63) is 23.8 Å². The number of nitrogens with zero attached hydrogens (tertiary/aromatic N) is 1. The molecule has 0 aliphatic carbocycles. The maximum Gasteiger partial charge on any atom is 0.335 e. The Morgan fingerprint density at radius 3 is 2.70 bits per heavy atom. The highest BCUT2D eigenvalue weighted by atomic mass is 16.4. The van der Waals surface area contributed by atoms with Crippen LogP contribution in [0, 0.1) is 0 Å². The summed E-state index contributed by atoms with van der Waals surface area (Å²) in [4.78, 5) is 15.1. The summed E-state index contributed by atoms with van der Waals surface area (Å²) in [6.45, 7) is 4.16. The number of carbonyl (C=O) groups is 1. The molecule has 3 N–H and O–H groups in total. The molecule has 0 fully saturated rings. The molecule has 2 rings (SSSR count). The SMILES string of the molecule is CCC(O)(CC)CNc1nc2ccc(C(=O)O)cc2o1. The molecular weight excluding hydrogens is 260 g/mol. The average Bonchev–Trinajstić information content (AvgIpc) is 2.86. The van der Waals surface area contributed by atoms with Crippen molar-refractivity contribution in [2.45, 2.75) is 32.3 Å². The van der Waals surface area contributed by atoms with E-state index in [1.54, 1.807) is 6.07 Å². The maximum atomic E-state index is 10.9. The van der Waals surface area contributed by atoms with E-state index in [1.807, 2.05) is 13.8 Å². The van der Waals surface area contributed by atoms with Crippen LogP contribution in [-0.2, 0) is 0 Å². The number of oxazole rings is 1. The summed E-state index contributed by atoms with van der Waals surface area (Å²) >= 11 is 0. The molecule has 0 saturated carbocycles. The molecule has 6 heteroatoms. The Bertz CT molecular complexity index is 617. The van der Waals surface area contributed by atoms with Crippen LogP contribution < -0.4 is 5.32 Å². The number of carboxylic acids is 1. The predicted octanol–water partition coefficient (Wildman–Crippen LogP) is 2.49. The molecule has 6 nitrogen and oxygen atoms in total. The van der Waals surface area contributed by atoms with E-state index >= 15 is 0 Å². The lowest BCUT2D eigenvalue weighted by Crippen LogP contribution is -2.35.